The number of nitrogens with one attached hydrogen (secondary N) is 1. The van der Waals surface area contributed by atoms with Gasteiger partial charge in [-0.3, -0.25) is 9.79 Å². The van der Waals surface area contributed by atoms with E-state index in [9.17, 15) is 9.18 Å². The van der Waals surface area contributed by atoms with Gasteiger partial charge in [0.25, 0.3) is 5.91 Å². The Morgan fingerprint density at radius 2 is 2.08 bits per heavy atom. The number of amidine groups is 1. The highest BCUT2D eigenvalue weighted by Gasteiger charge is 2.27. The normalized spacial score (nSPS) is 21.4. The van der Waals surface area contributed by atoms with Gasteiger partial charge in [-0.2, -0.15) is 0 Å². The lowest BCUT2D eigenvalue weighted by Crippen LogP contribution is -2.50. The third-order valence-corrected chi connectivity index (χ3v) is 5.59. The molecule has 1 saturated heterocycles. The topological polar surface area (TPSA) is 51.7 Å². The van der Waals surface area contributed by atoms with E-state index < -0.39 is 0 Å². The molecule has 0 aliphatic carbocycles. The summed E-state index contributed by atoms with van der Waals surface area (Å²) in [4.78, 5) is 24.5. The molecule has 1 aromatic carbocycles. The van der Waals surface area contributed by atoms with E-state index in [1.54, 1.807) is 12.1 Å². The Balaban J connectivity index is 1.43. The minimum Gasteiger partial charge on any atom is -0.351 e. The lowest BCUT2D eigenvalue weighted by molar-refractivity contribution is 0.0688. The zero-order chi connectivity index (χ0) is 16.7. The van der Waals surface area contributed by atoms with E-state index in [-0.39, 0.29) is 11.7 Å². The summed E-state index contributed by atoms with van der Waals surface area (Å²) in [6, 6.07) is 6.23. The van der Waals surface area contributed by atoms with Gasteiger partial charge in [0.2, 0.25) is 0 Å². The van der Waals surface area contributed by atoms with Crippen molar-refractivity contribution in [1.82, 2.24) is 14.8 Å². The number of thioether (sulfide) groups is 1. The van der Waals surface area contributed by atoms with Crippen molar-refractivity contribution in [2.75, 3.05) is 32.7 Å². The summed E-state index contributed by atoms with van der Waals surface area (Å²) in [6.07, 6.45) is 0. The first-order valence-corrected chi connectivity index (χ1v) is 9.02. The molecular weight excluding hydrogens is 327 g/mol. The number of rotatable bonds is 1. The molecule has 2 aliphatic heterocycles. The molecule has 24 heavy (non-hydrogen) atoms. The fraction of sp³-hybridized carbons (Fsp3) is 0.412. The molecule has 1 fully saturated rings. The number of nitrogens with zero attached hydrogens (tertiary/aromatic N) is 3. The zero-order valence-corrected chi connectivity index (χ0v) is 14.3. The first kappa shape index (κ1) is 15.5. The quantitative estimate of drug-likeness (QED) is 0.863. The van der Waals surface area contributed by atoms with Crippen LogP contribution >= 0.6 is 11.8 Å². The summed E-state index contributed by atoms with van der Waals surface area (Å²) in [7, 11) is 0. The van der Waals surface area contributed by atoms with Crippen LogP contribution in [0.5, 0.6) is 0 Å². The maximum Gasteiger partial charge on any atom is 0.270 e. The van der Waals surface area contributed by atoms with E-state index in [0.29, 0.717) is 24.0 Å². The smallest absolute Gasteiger partial charge is 0.270 e. The van der Waals surface area contributed by atoms with Gasteiger partial charge in [-0.1, -0.05) is 18.7 Å². The molecule has 1 N–H and O–H groups in total. The van der Waals surface area contributed by atoms with E-state index >= 15 is 0 Å². The SMILES string of the molecule is C[C@@H]1CN=C(N2CCN(C(=O)c3cc4cc(F)ccc4[nH]3)CC2)S1. The lowest BCUT2D eigenvalue weighted by atomic mass is 10.2. The van der Waals surface area contributed by atoms with E-state index in [0.717, 1.165) is 35.7 Å². The molecule has 0 spiro atoms. The van der Waals surface area contributed by atoms with Crippen LogP contribution in [0, 0.1) is 5.82 Å². The number of aromatic nitrogens is 1. The van der Waals surface area contributed by atoms with Crippen molar-refractivity contribution in [3.8, 4) is 0 Å². The van der Waals surface area contributed by atoms with Crippen molar-refractivity contribution in [2.45, 2.75) is 12.2 Å². The standard InChI is InChI=1S/C17H19FN4OS/c1-11-10-19-17(24-11)22-6-4-21(5-7-22)16(23)15-9-12-8-13(18)2-3-14(12)20-15/h2-3,8-9,11,20H,4-7,10H2,1H3/t11-/m1/s1. The second-order valence-corrected chi connectivity index (χ2v) is 7.65. The number of fused-ring (bicyclic) bond motifs is 1. The number of benzene rings is 1. The molecule has 0 unspecified atom stereocenters. The van der Waals surface area contributed by atoms with Crippen molar-refractivity contribution < 1.29 is 9.18 Å². The van der Waals surface area contributed by atoms with Crippen molar-refractivity contribution in [3.05, 3.63) is 35.8 Å². The number of halogens is 1. The van der Waals surface area contributed by atoms with Gasteiger partial charge in [-0.15, -0.1) is 0 Å². The van der Waals surface area contributed by atoms with Gasteiger partial charge < -0.3 is 14.8 Å². The molecule has 0 saturated carbocycles. The largest absolute Gasteiger partial charge is 0.351 e. The summed E-state index contributed by atoms with van der Waals surface area (Å²) < 4.78 is 13.3. The maximum absolute atomic E-state index is 13.3. The van der Waals surface area contributed by atoms with E-state index in [1.165, 1.54) is 12.1 Å². The molecule has 126 valence electrons. The predicted octanol–water partition coefficient (Wildman–Crippen LogP) is 2.56. The van der Waals surface area contributed by atoms with Gasteiger partial charge >= 0.3 is 0 Å². The molecule has 4 rings (SSSR count). The maximum atomic E-state index is 13.3. The summed E-state index contributed by atoms with van der Waals surface area (Å²) in [5.41, 5.74) is 1.30. The number of aliphatic imine (C=N–C) groups is 1. The third-order valence-electron chi connectivity index (χ3n) is 4.44. The minimum atomic E-state index is -0.293. The van der Waals surface area contributed by atoms with Crippen LogP contribution < -0.4 is 0 Å². The van der Waals surface area contributed by atoms with Crippen LogP contribution in [-0.2, 0) is 0 Å². The van der Waals surface area contributed by atoms with Gasteiger partial charge in [0.05, 0.1) is 6.54 Å². The molecule has 1 amide bonds. The number of hydrogen-bond acceptors (Lipinski definition) is 4. The fourth-order valence-electron chi connectivity index (χ4n) is 3.13. The van der Waals surface area contributed by atoms with Crippen molar-refractivity contribution in [3.63, 3.8) is 0 Å². The molecular formula is C17H19FN4OS. The van der Waals surface area contributed by atoms with E-state index in [2.05, 4.69) is 21.8 Å². The van der Waals surface area contributed by atoms with Gasteiger partial charge in [0.15, 0.2) is 5.17 Å². The average Bonchev–Trinajstić information content (AvgIpc) is 3.20. The van der Waals surface area contributed by atoms with Crippen LogP contribution in [-0.4, -0.2) is 63.8 Å². The summed E-state index contributed by atoms with van der Waals surface area (Å²) in [5.74, 6) is -0.321. The fourth-order valence-corrected chi connectivity index (χ4v) is 4.12. The number of carbonyl (C=O) groups is 1. The molecule has 1 aromatic heterocycles. The van der Waals surface area contributed by atoms with Crippen molar-refractivity contribution in [1.29, 1.82) is 0 Å². The second-order valence-electron chi connectivity index (χ2n) is 6.25. The summed E-state index contributed by atoms with van der Waals surface area (Å²) in [6.45, 7) is 6.02. The van der Waals surface area contributed by atoms with Crippen molar-refractivity contribution >= 4 is 33.7 Å². The Bertz CT molecular complexity index is 810. The number of aromatic amines is 1. The van der Waals surface area contributed by atoms with Crippen LogP contribution in [0.25, 0.3) is 10.9 Å². The molecule has 0 bridgehead atoms. The third kappa shape index (κ3) is 2.88. The van der Waals surface area contributed by atoms with E-state index in [4.69, 9.17) is 0 Å². The highest BCUT2D eigenvalue weighted by atomic mass is 32.2. The minimum absolute atomic E-state index is 0.0272. The van der Waals surface area contributed by atoms with Crippen LogP contribution in [0.2, 0.25) is 0 Å². The van der Waals surface area contributed by atoms with Crippen molar-refractivity contribution in [2.24, 2.45) is 4.99 Å². The van der Waals surface area contributed by atoms with Gasteiger partial charge in [-0.25, -0.2) is 4.39 Å². The Morgan fingerprint density at radius 3 is 2.79 bits per heavy atom. The predicted molar refractivity (Wildman–Crippen MR) is 95.1 cm³/mol. The van der Waals surface area contributed by atoms with Gasteiger partial charge in [0, 0.05) is 42.3 Å². The molecule has 2 aromatic rings. The van der Waals surface area contributed by atoms with Crippen LogP contribution in [0.4, 0.5) is 4.39 Å². The number of amides is 1. The van der Waals surface area contributed by atoms with Gasteiger partial charge in [0.1, 0.15) is 11.5 Å². The molecule has 5 nitrogen and oxygen atoms in total. The number of carbonyl (C=O) groups excluding carboxylic acids is 1. The molecule has 2 aliphatic rings. The van der Waals surface area contributed by atoms with Crippen LogP contribution in [0.3, 0.4) is 0 Å². The van der Waals surface area contributed by atoms with Crippen LogP contribution in [0.15, 0.2) is 29.3 Å². The lowest BCUT2D eigenvalue weighted by Gasteiger charge is -2.35. The Hall–Kier alpha value is -2.02. The first-order chi connectivity index (χ1) is 11.6. The Labute approximate surface area is 143 Å². The van der Waals surface area contributed by atoms with E-state index in [1.807, 2.05) is 16.7 Å². The average molecular weight is 346 g/mol. The number of piperazine rings is 1. The highest BCUT2D eigenvalue weighted by molar-refractivity contribution is 8.14. The molecule has 0 radical (unpaired) electrons. The molecule has 1 atom stereocenters. The summed E-state index contributed by atoms with van der Waals surface area (Å²) in [5, 5.41) is 2.38. The molecule has 3 heterocycles. The Kier molecular flexibility index (Phi) is 3.96. The Morgan fingerprint density at radius 1 is 1.29 bits per heavy atom. The monoisotopic (exact) mass is 346 g/mol. The highest BCUT2D eigenvalue weighted by Crippen LogP contribution is 2.24. The van der Waals surface area contributed by atoms with Crippen LogP contribution in [0.1, 0.15) is 17.4 Å². The summed E-state index contributed by atoms with van der Waals surface area (Å²) >= 11 is 1.81. The zero-order valence-electron chi connectivity index (χ0n) is 13.5. The number of H-pyrrole nitrogens is 1. The van der Waals surface area contributed by atoms with Gasteiger partial charge in [-0.05, 0) is 24.3 Å². The number of hydrogen-bond donors (Lipinski definition) is 1. The molecule has 7 heteroatoms. The first-order valence-electron chi connectivity index (χ1n) is 8.14. The second kappa shape index (κ2) is 6.12.